The van der Waals surface area contributed by atoms with Crippen molar-refractivity contribution in [2.24, 2.45) is 0 Å². The Bertz CT molecular complexity index is 1480. The Morgan fingerprint density at radius 1 is 1.05 bits per heavy atom. The van der Waals surface area contributed by atoms with E-state index in [0.717, 1.165) is 11.1 Å². The molecule has 3 unspecified atom stereocenters. The molecule has 0 radical (unpaired) electrons. The third-order valence-corrected chi connectivity index (χ3v) is 7.37. The molecule has 3 atom stereocenters. The Morgan fingerprint density at radius 3 is 2.53 bits per heavy atom. The first-order valence-electron chi connectivity index (χ1n) is 12.6. The number of ether oxygens (including phenoxy) is 1. The Balaban J connectivity index is 0.00000185. The number of nitrogens with zero attached hydrogens (tertiary/aromatic N) is 1. The summed E-state index contributed by atoms with van der Waals surface area (Å²) < 4.78 is 5.93. The van der Waals surface area contributed by atoms with Crippen LogP contribution in [0.5, 0.6) is 5.75 Å². The van der Waals surface area contributed by atoms with Gasteiger partial charge < -0.3 is 15.4 Å². The number of urea groups is 1. The highest BCUT2D eigenvalue weighted by Gasteiger charge is 2.50. The molecule has 1 fully saturated rings. The van der Waals surface area contributed by atoms with Crippen molar-refractivity contribution in [2.45, 2.75) is 43.9 Å². The molecule has 3 N–H and O–H groups in total. The molecular formula is C29H30N4O5. The van der Waals surface area contributed by atoms with Gasteiger partial charge in [0.25, 0.3) is 17.7 Å². The first-order valence-corrected chi connectivity index (χ1v) is 12.6. The summed E-state index contributed by atoms with van der Waals surface area (Å²) in [5.74, 6) is -0.458. The number of hydrogen-bond acceptors (Lipinski definition) is 5. The van der Waals surface area contributed by atoms with Crippen LogP contribution in [0.3, 0.4) is 0 Å². The summed E-state index contributed by atoms with van der Waals surface area (Å²) in [5, 5.41) is 8.05. The molecule has 3 aliphatic rings. The van der Waals surface area contributed by atoms with Crippen molar-refractivity contribution < 1.29 is 26.8 Å². The van der Waals surface area contributed by atoms with Crippen molar-refractivity contribution in [3.63, 3.8) is 0 Å². The Labute approximate surface area is 222 Å². The number of carbonyl (C=O) groups is 4. The zero-order valence-corrected chi connectivity index (χ0v) is 20.7. The predicted octanol–water partition coefficient (Wildman–Crippen LogP) is 3.74. The summed E-state index contributed by atoms with van der Waals surface area (Å²) in [6.07, 6.45) is 0.480. The maximum Gasteiger partial charge on any atom is 0.322 e. The fourth-order valence-electron chi connectivity index (χ4n) is 5.55. The maximum atomic E-state index is 13.9. The minimum absolute atomic E-state index is 0. The summed E-state index contributed by atoms with van der Waals surface area (Å²) in [7, 11) is 0. The molecule has 3 aromatic carbocycles. The van der Waals surface area contributed by atoms with Gasteiger partial charge in [-0.1, -0.05) is 55.5 Å². The molecule has 9 heteroatoms. The lowest BCUT2D eigenvalue weighted by molar-refractivity contribution is -0.129. The summed E-state index contributed by atoms with van der Waals surface area (Å²) in [6.45, 7) is 1.87. The summed E-state index contributed by atoms with van der Waals surface area (Å²) in [4.78, 5) is 53.2. The van der Waals surface area contributed by atoms with Crippen LogP contribution >= 0.6 is 0 Å². The monoisotopic (exact) mass is 514 g/mol. The Hall–Kier alpha value is -4.66. The van der Waals surface area contributed by atoms with Gasteiger partial charge in [0, 0.05) is 21.4 Å². The van der Waals surface area contributed by atoms with Gasteiger partial charge in [-0.05, 0) is 47.4 Å². The average molecular weight is 515 g/mol. The van der Waals surface area contributed by atoms with Gasteiger partial charge in [-0.2, -0.15) is 0 Å². The average Bonchev–Trinajstić information content (AvgIpc) is 3.42. The molecule has 1 aliphatic carbocycles. The quantitative estimate of drug-likeness (QED) is 0.449. The highest BCUT2D eigenvalue weighted by atomic mass is 16.5. The van der Waals surface area contributed by atoms with E-state index in [-0.39, 0.29) is 20.6 Å². The first-order chi connectivity index (χ1) is 18.4. The van der Waals surface area contributed by atoms with Crippen molar-refractivity contribution >= 4 is 35.1 Å². The van der Waals surface area contributed by atoms with E-state index in [1.54, 1.807) is 18.2 Å². The number of para-hydroxylation sites is 2. The van der Waals surface area contributed by atoms with Gasteiger partial charge in [0.05, 0.1) is 5.69 Å². The van der Waals surface area contributed by atoms with Crippen LogP contribution in [0, 0.1) is 0 Å². The molecule has 6 rings (SSSR count). The SMILES string of the molecule is CCC1Oc2ccccc2N(C(C(=O)Nc2ccc3c(c2)CC2(C3)NC(=O)NC2=O)c2ccccc2)C1=O.[HH].[HH]. The minimum atomic E-state index is -0.992. The van der Waals surface area contributed by atoms with Gasteiger partial charge in [-0.25, -0.2) is 4.79 Å². The number of rotatable bonds is 5. The number of anilines is 2. The number of fused-ring (bicyclic) bond motifs is 2. The molecule has 3 aromatic rings. The number of benzene rings is 3. The van der Waals surface area contributed by atoms with Gasteiger partial charge in [0.15, 0.2) is 6.10 Å². The normalized spacial score (nSPS) is 22.3. The molecule has 2 aliphatic heterocycles. The predicted molar refractivity (Wildman–Crippen MR) is 144 cm³/mol. The van der Waals surface area contributed by atoms with E-state index >= 15 is 0 Å². The highest BCUT2D eigenvalue weighted by molar-refractivity contribution is 6.09. The topological polar surface area (TPSA) is 117 Å². The van der Waals surface area contributed by atoms with Crippen molar-refractivity contribution in [1.29, 1.82) is 0 Å². The summed E-state index contributed by atoms with van der Waals surface area (Å²) in [5.41, 5.74) is 2.55. The molecule has 0 bridgehead atoms. The van der Waals surface area contributed by atoms with E-state index < -0.39 is 23.7 Å². The standard InChI is InChI=1S/C29H26N4O5.2H2/c1-2-22-26(35)33(21-10-6-7-11-23(21)38-22)24(17-8-4-3-5-9-17)25(34)30-20-13-12-18-15-29(16-19(18)14-20)27(36)31-28(37)32-29;;/h3-14,22,24H,2,15-16H2,1H3,(H,30,34)(H2,31,32,36,37);2*1H. The van der Waals surface area contributed by atoms with E-state index in [1.807, 2.05) is 61.5 Å². The van der Waals surface area contributed by atoms with Crippen molar-refractivity contribution in [2.75, 3.05) is 10.2 Å². The van der Waals surface area contributed by atoms with E-state index in [1.165, 1.54) is 4.90 Å². The lowest BCUT2D eigenvalue weighted by Crippen LogP contribution is -2.50. The third-order valence-electron chi connectivity index (χ3n) is 7.37. The molecule has 38 heavy (non-hydrogen) atoms. The molecule has 1 spiro atoms. The van der Waals surface area contributed by atoms with Gasteiger partial charge in [0.1, 0.15) is 17.3 Å². The van der Waals surface area contributed by atoms with Crippen LogP contribution in [-0.4, -0.2) is 35.4 Å². The van der Waals surface area contributed by atoms with E-state index in [2.05, 4.69) is 16.0 Å². The van der Waals surface area contributed by atoms with Gasteiger partial charge >= 0.3 is 6.03 Å². The van der Waals surface area contributed by atoms with Crippen LogP contribution in [0.15, 0.2) is 72.8 Å². The third kappa shape index (κ3) is 3.87. The van der Waals surface area contributed by atoms with Gasteiger partial charge in [0.2, 0.25) is 0 Å². The fraction of sp³-hybridized carbons (Fsp3) is 0.241. The second-order valence-electron chi connectivity index (χ2n) is 9.82. The highest BCUT2D eigenvalue weighted by Crippen LogP contribution is 2.40. The van der Waals surface area contributed by atoms with E-state index in [9.17, 15) is 19.2 Å². The second kappa shape index (κ2) is 9.02. The fourth-order valence-corrected chi connectivity index (χ4v) is 5.55. The largest absolute Gasteiger partial charge is 0.478 e. The molecule has 5 amide bonds. The van der Waals surface area contributed by atoms with E-state index in [0.29, 0.717) is 42.0 Å². The molecule has 0 saturated carbocycles. The summed E-state index contributed by atoms with van der Waals surface area (Å²) in [6, 6.07) is 20.4. The van der Waals surface area contributed by atoms with Crippen LogP contribution in [0.2, 0.25) is 0 Å². The maximum absolute atomic E-state index is 13.9. The lowest BCUT2D eigenvalue weighted by Gasteiger charge is -2.38. The number of hydrogen-bond donors (Lipinski definition) is 3. The van der Waals surface area contributed by atoms with Crippen LogP contribution in [0.1, 0.15) is 38.9 Å². The van der Waals surface area contributed by atoms with E-state index in [4.69, 9.17) is 4.74 Å². The first kappa shape index (κ1) is 23.7. The zero-order chi connectivity index (χ0) is 26.4. The number of imide groups is 1. The summed E-state index contributed by atoms with van der Waals surface area (Å²) >= 11 is 0. The van der Waals surface area contributed by atoms with Gasteiger partial charge in [-0.3, -0.25) is 24.6 Å². The second-order valence-corrected chi connectivity index (χ2v) is 9.82. The van der Waals surface area contributed by atoms with Crippen molar-refractivity contribution in [3.8, 4) is 5.75 Å². The Morgan fingerprint density at radius 2 is 1.79 bits per heavy atom. The minimum Gasteiger partial charge on any atom is -0.478 e. The lowest BCUT2D eigenvalue weighted by atomic mass is 9.96. The number of carbonyl (C=O) groups excluding carboxylic acids is 4. The van der Waals surface area contributed by atoms with Crippen molar-refractivity contribution in [1.82, 2.24) is 10.6 Å². The van der Waals surface area contributed by atoms with Crippen LogP contribution in [0.4, 0.5) is 16.2 Å². The molecular weight excluding hydrogens is 484 g/mol. The molecule has 0 aromatic heterocycles. The number of nitrogens with one attached hydrogen (secondary N) is 3. The zero-order valence-electron chi connectivity index (χ0n) is 20.7. The van der Waals surface area contributed by atoms with Crippen molar-refractivity contribution in [3.05, 3.63) is 89.5 Å². The molecule has 196 valence electrons. The van der Waals surface area contributed by atoms with Crippen LogP contribution in [-0.2, 0) is 27.2 Å². The van der Waals surface area contributed by atoms with Gasteiger partial charge in [-0.15, -0.1) is 0 Å². The molecule has 2 heterocycles. The molecule has 1 saturated heterocycles. The molecule has 9 nitrogen and oxygen atoms in total. The smallest absolute Gasteiger partial charge is 0.322 e. The van der Waals surface area contributed by atoms with Crippen LogP contribution in [0.25, 0.3) is 0 Å². The number of amides is 5. The van der Waals surface area contributed by atoms with Crippen LogP contribution < -0.4 is 25.6 Å². The Kier molecular flexibility index (Phi) is 5.63.